The van der Waals surface area contributed by atoms with Crippen molar-refractivity contribution in [2.45, 2.75) is 13.5 Å². The standard InChI is InChI=1S/C13H15NO/c1-10-11(9-15)5-3-6-12(10)13-7-4-8-14(13)2/h3-8,15H,9H2,1-2H3. The number of hydrogen-bond acceptors (Lipinski definition) is 1. The van der Waals surface area contributed by atoms with Crippen LogP contribution in [0.1, 0.15) is 11.1 Å². The summed E-state index contributed by atoms with van der Waals surface area (Å²) in [6, 6.07) is 10.1. The molecule has 78 valence electrons. The van der Waals surface area contributed by atoms with E-state index in [1.54, 1.807) is 0 Å². The lowest BCUT2D eigenvalue weighted by Crippen LogP contribution is -1.95. The van der Waals surface area contributed by atoms with Gasteiger partial charge in [-0.3, -0.25) is 0 Å². The number of aliphatic hydroxyl groups excluding tert-OH is 1. The molecule has 2 aromatic rings. The van der Waals surface area contributed by atoms with Crippen molar-refractivity contribution in [1.29, 1.82) is 0 Å². The Labute approximate surface area is 89.8 Å². The lowest BCUT2D eigenvalue weighted by atomic mass is 10.0. The normalized spacial score (nSPS) is 10.6. The molecule has 2 nitrogen and oxygen atoms in total. The van der Waals surface area contributed by atoms with Crippen LogP contribution in [0.4, 0.5) is 0 Å². The zero-order valence-corrected chi connectivity index (χ0v) is 9.07. The number of rotatable bonds is 2. The Morgan fingerprint density at radius 1 is 1.20 bits per heavy atom. The molecule has 0 spiro atoms. The van der Waals surface area contributed by atoms with Crippen LogP contribution in [0.15, 0.2) is 36.5 Å². The second kappa shape index (κ2) is 3.91. The van der Waals surface area contributed by atoms with Gasteiger partial charge in [-0.1, -0.05) is 18.2 Å². The molecular formula is C13H15NO. The molecule has 0 unspecified atom stereocenters. The van der Waals surface area contributed by atoms with E-state index in [2.05, 4.69) is 16.7 Å². The second-order valence-corrected chi connectivity index (χ2v) is 3.75. The van der Waals surface area contributed by atoms with Crippen molar-refractivity contribution >= 4 is 0 Å². The molecule has 1 aromatic heterocycles. The number of aromatic nitrogens is 1. The van der Waals surface area contributed by atoms with Gasteiger partial charge in [0.2, 0.25) is 0 Å². The van der Waals surface area contributed by atoms with Crippen molar-refractivity contribution in [2.24, 2.45) is 7.05 Å². The molecule has 0 radical (unpaired) electrons. The van der Waals surface area contributed by atoms with Gasteiger partial charge >= 0.3 is 0 Å². The summed E-state index contributed by atoms with van der Waals surface area (Å²) in [6.07, 6.45) is 2.03. The molecule has 1 heterocycles. The van der Waals surface area contributed by atoms with E-state index in [-0.39, 0.29) is 6.61 Å². The predicted octanol–water partition coefficient (Wildman–Crippen LogP) is 2.49. The molecule has 0 fully saturated rings. The fourth-order valence-corrected chi connectivity index (χ4v) is 1.87. The monoisotopic (exact) mass is 201 g/mol. The second-order valence-electron chi connectivity index (χ2n) is 3.75. The average molecular weight is 201 g/mol. The quantitative estimate of drug-likeness (QED) is 0.793. The van der Waals surface area contributed by atoms with E-state index in [0.29, 0.717) is 0 Å². The van der Waals surface area contributed by atoms with Crippen LogP contribution in [0, 0.1) is 6.92 Å². The minimum Gasteiger partial charge on any atom is -0.392 e. The van der Waals surface area contributed by atoms with Crippen molar-refractivity contribution in [2.75, 3.05) is 0 Å². The zero-order valence-electron chi connectivity index (χ0n) is 9.07. The molecule has 2 heteroatoms. The van der Waals surface area contributed by atoms with E-state index < -0.39 is 0 Å². The van der Waals surface area contributed by atoms with Crippen LogP contribution in [-0.4, -0.2) is 9.67 Å². The maximum absolute atomic E-state index is 9.20. The van der Waals surface area contributed by atoms with Gasteiger partial charge in [-0.15, -0.1) is 0 Å². The van der Waals surface area contributed by atoms with Crippen LogP contribution >= 0.6 is 0 Å². The maximum atomic E-state index is 9.20. The van der Waals surface area contributed by atoms with E-state index in [4.69, 9.17) is 0 Å². The van der Waals surface area contributed by atoms with Gasteiger partial charge in [0.05, 0.1) is 6.61 Å². The first kappa shape index (κ1) is 9.99. The number of aryl methyl sites for hydroxylation is 1. The predicted molar refractivity (Wildman–Crippen MR) is 61.5 cm³/mol. The van der Waals surface area contributed by atoms with Crippen LogP contribution in [0.2, 0.25) is 0 Å². The third-order valence-electron chi connectivity index (χ3n) is 2.84. The molecule has 2 rings (SSSR count). The Hall–Kier alpha value is -1.54. The van der Waals surface area contributed by atoms with Crippen molar-refractivity contribution in [3.63, 3.8) is 0 Å². The molecule has 0 amide bonds. The van der Waals surface area contributed by atoms with Crippen LogP contribution in [0.25, 0.3) is 11.3 Å². The molecule has 0 aliphatic rings. The van der Waals surface area contributed by atoms with Crippen molar-refractivity contribution in [3.05, 3.63) is 47.7 Å². The fourth-order valence-electron chi connectivity index (χ4n) is 1.87. The Kier molecular flexibility index (Phi) is 2.60. The summed E-state index contributed by atoms with van der Waals surface area (Å²) in [7, 11) is 2.03. The molecule has 0 saturated heterocycles. The van der Waals surface area contributed by atoms with E-state index in [1.807, 2.05) is 38.4 Å². The molecule has 0 aliphatic heterocycles. The summed E-state index contributed by atoms with van der Waals surface area (Å²) in [6.45, 7) is 2.15. The summed E-state index contributed by atoms with van der Waals surface area (Å²) in [5.41, 5.74) is 4.52. The SMILES string of the molecule is Cc1c(CO)cccc1-c1cccn1C. The Morgan fingerprint density at radius 3 is 2.60 bits per heavy atom. The fraction of sp³-hybridized carbons (Fsp3) is 0.231. The van der Waals surface area contributed by atoms with Gasteiger partial charge < -0.3 is 9.67 Å². The maximum Gasteiger partial charge on any atom is 0.0684 e. The van der Waals surface area contributed by atoms with E-state index in [0.717, 1.165) is 11.1 Å². The smallest absolute Gasteiger partial charge is 0.0684 e. The summed E-state index contributed by atoms with van der Waals surface area (Å²) in [4.78, 5) is 0. The van der Waals surface area contributed by atoms with Crippen LogP contribution in [0.5, 0.6) is 0 Å². The zero-order chi connectivity index (χ0) is 10.8. The van der Waals surface area contributed by atoms with Crippen molar-refractivity contribution < 1.29 is 5.11 Å². The Morgan fingerprint density at radius 2 is 2.00 bits per heavy atom. The van der Waals surface area contributed by atoms with Crippen LogP contribution < -0.4 is 0 Å². The molecule has 1 aromatic carbocycles. The Balaban J connectivity index is 2.59. The highest BCUT2D eigenvalue weighted by Crippen LogP contribution is 2.25. The van der Waals surface area contributed by atoms with Gasteiger partial charge in [0.25, 0.3) is 0 Å². The number of nitrogens with zero attached hydrogens (tertiary/aromatic N) is 1. The van der Waals surface area contributed by atoms with Gasteiger partial charge in [0.15, 0.2) is 0 Å². The first-order valence-corrected chi connectivity index (χ1v) is 5.05. The van der Waals surface area contributed by atoms with Gasteiger partial charge in [-0.05, 0) is 30.2 Å². The molecular weight excluding hydrogens is 186 g/mol. The Bertz CT molecular complexity index is 471. The van der Waals surface area contributed by atoms with Gasteiger partial charge in [0.1, 0.15) is 0 Å². The largest absolute Gasteiger partial charge is 0.392 e. The highest BCUT2D eigenvalue weighted by Gasteiger charge is 2.07. The van der Waals surface area contributed by atoms with Gasteiger partial charge in [-0.2, -0.15) is 0 Å². The molecule has 0 atom stereocenters. The summed E-state index contributed by atoms with van der Waals surface area (Å²) < 4.78 is 2.09. The van der Waals surface area contributed by atoms with E-state index >= 15 is 0 Å². The molecule has 15 heavy (non-hydrogen) atoms. The first-order chi connectivity index (χ1) is 7.24. The van der Waals surface area contributed by atoms with Crippen molar-refractivity contribution in [3.8, 4) is 11.3 Å². The summed E-state index contributed by atoms with van der Waals surface area (Å²) in [5, 5.41) is 9.20. The minimum absolute atomic E-state index is 0.101. The highest BCUT2D eigenvalue weighted by atomic mass is 16.3. The van der Waals surface area contributed by atoms with Crippen LogP contribution in [-0.2, 0) is 13.7 Å². The molecule has 0 aliphatic carbocycles. The topological polar surface area (TPSA) is 25.2 Å². The van der Waals surface area contributed by atoms with E-state index in [1.165, 1.54) is 11.3 Å². The third-order valence-corrected chi connectivity index (χ3v) is 2.84. The average Bonchev–Trinajstić information content (AvgIpc) is 2.65. The number of hydrogen-bond donors (Lipinski definition) is 1. The summed E-state index contributed by atoms with van der Waals surface area (Å²) in [5.74, 6) is 0. The minimum atomic E-state index is 0.101. The van der Waals surface area contributed by atoms with E-state index in [9.17, 15) is 5.11 Å². The number of aliphatic hydroxyl groups is 1. The van der Waals surface area contributed by atoms with Crippen molar-refractivity contribution in [1.82, 2.24) is 4.57 Å². The molecule has 1 N–H and O–H groups in total. The van der Waals surface area contributed by atoms with Gasteiger partial charge in [0, 0.05) is 24.5 Å². The first-order valence-electron chi connectivity index (χ1n) is 5.05. The highest BCUT2D eigenvalue weighted by molar-refractivity contribution is 5.65. The molecule has 0 bridgehead atoms. The lowest BCUT2D eigenvalue weighted by molar-refractivity contribution is 0.281. The number of benzene rings is 1. The third kappa shape index (κ3) is 1.68. The summed E-state index contributed by atoms with van der Waals surface area (Å²) >= 11 is 0. The lowest BCUT2D eigenvalue weighted by Gasteiger charge is -2.10. The van der Waals surface area contributed by atoms with Crippen LogP contribution in [0.3, 0.4) is 0 Å². The molecule has 0 saturated carbocycles. The van der Waals surface area contributed by atoms with Gasteiger partial charge in [-0.25, -0.2) is 0 Å².